The summed E-state index contributed by atoms with van der Waals surface area (Å²) in [6, 6.07) is 11.0. The molecule has 0 fully saturated rings. The molecule has 2 rings (SSSR count). The number of ether oxygens (including phenoxy) is 2. The van der Waals surface area contributed by atoms with Crippen molar-refractivity contribution in [1.82, 2.24) is 0 Å². The van der Waals surface area contributed by atoms with Crippen LogP contribution in [0.25, 0.3) is 6.08 Å². The fourth-order valence-electron chi connectivity index (χ4n) is 1.94. The van der Waals surface area contributed by atoms with Crippen LogP contribution in [-0.2, 0) is 14.3 Å². The van der Waals surface area contributed by atoms with Crippen molar-refractivity contribution in [3.05, 3.63) is 64.9 Å². The zero-order valence-electron chi connectivity index (χ0n) is 13.3. The van der Waals surface area contributed by atoms with E-state index in [1.54, 1.807) is 24.3 Å². The summed E-state index contributed by atoms with van der Waals surface area (Å²) in [6.07, 6.45) is 2.19. The van der Waals surface area contributed by atoms with E-state index < -0.39 is 24.3 Å². The van der Waals surface area contributed by atoms with Gasteiger partial charge in [-0.05, 0) is 30.3 Å². The second-order valence-electron chi connectivity index (χ2n) is 4.82. The molecule has 0 saturated heterocycles. The smallest absolute Gasteiger partial charge is 0.331 e. The van der Waals surface area contributed by atoms with E-state index in [0.717, 1.165) is 6.08 Å². The molecule has 0 atom stereocenters. The van der Waals surface area contributed by atoms with Crippen LogP contribution in [0.5, 0.6) is 5.75 Å². The largest absolute Gasteiger partial charge is 0.495 e. The molecule has 0 radical (unpaired) electrons. The third-order valence-corrected chi connectivity index (χ3v) is 3.44. The number of hydrogen-bond donors (Lipinski definition) is 1. The van der Waals surface area contributed by atoms with E-state index in [2.05, 4.69) is 5.32 Å². The Labute approximate surface area is 149 Å². The van der Waals surface area contributed by atoms with Crippen molar-refractivity contribution >= 4 is 35.2 Å². The van der Waals surface area contributed by atoms with Gasteiger partial charge in [-0.15, -0.1) is 0 Å². The molecule has 1 amide bonds. The molecule has 130 valence electrons. The lowest BCUT2D eigenvalue weighted by molar-refractivity contribution is -0.142. The Morgan fingerprint density at radius 2 is 1.96 bits per heavy atom. The van der Waals surface area contributed by atoms with Gasteiger partial charge < -0.3 is 14.8 Å². The molecule has 1 N–H and O–H groups in total. The molecule has 2 aromatic carbocycles. The maximum atomic E-state index is 13.6. The first kappa shape index (κ1) is 18.5. The number of benzene rings is 2. The molecular weight excluding hydrogens is 349 g/mol. The number of amides is 1. The highest BCUT2D eigenvalue weighted by atomic mass is 35.5. The predicted octanol–water partition coefficient (Wildman–Crippen LogP) is 3.68. The Kier molecular flexibility index (Phi) is 6.54. The number of carbonyl (C=O) groups excluding carboxylic acids is 2. The van der Waals surface area contributed by atoms with Crippen molar-refractivity contribution in [2.75, 3.05) is 19.0 Å². The minimum absolute atomic E-state index is 0.0691. The number of anilines is 1. The third-order valence-electron chi connectivity index (χ3n) is 3.11. The Bertz CT molecular complexity index is 787. The topological polar surface area (TPSA) is 64.6 Å². The number of nitrogens with one attached hydrogen (secondary N) is 1. The number of esters is 1. The van der Waals surface area contributed by atoms with Crippen molar-refractivity contribution in [3.8, 4) is 5.75 Å². The number of methoxy groups -OCH3 is 1. The zero-order chi connectivity index (χ0) is 18.2. The summed E-state index contributed by atoms with van der Waals surface area (Å²) in [7, 11) is 1.48. The fourth-order valence-corrected chi connectivity index (χ4v) is 2.17. The molecule has 0 spiro atoms. The zero-order valence-corrected chi connectivity index (χ0v) is 14.0. The van der Waals surface area contributed by atoms with Crippen LogP contribution in [0.1, 0.15) is 5.56 Å². The molecule has 0 saturated carbocycles. The number of hydrogen-bond acceptors (Lipinski definition) is 4. The van der Waals surface area contributed by atoms with Crippen molar-refractivity contribution < 1.29 is 23.5 Å². The van der Waals surface area contributed by atoms with Gasteiger partial charge in [0.25, 0.3) is 5.91 Å². The van der Waals surface area contributed by atoms with Crippen molar-refractivity contribution in [1.29, 1.82) is 0 Å². The number of rotatable bonds is 6. The summed E-state index contributed by atoms with van der Waals surface area (Å²) in [4.78, 5) is 23.5. The minimum atomic E-state index is -0.797. The second kappa shape index (κ2) is 8.84. The van der Waals surface area contributed by atoms with Gasteiger partial charge in [0.1, 0.15) is 11.6 Å². The number of halogens is 2. The lowest BCUT2D eigenvalue weighted by Gasteiger charge is -2.09. The van der Waals surface area contributed by atoms with Crippen LogP contribution in [0.4, 0.5) is 10.1 Å². The Morgan fingerprint density at radius 1 is 1.20 bits per heavy atom. The van der Waals surface area contributed by atoms with Gasteiger partial charge >= 0.3 is 5.97 Å². The summed E-state index contributed by atoms with van der Waals surface area (Å²) in [6.45, 7) is -0.494. The Morgan fingerprint density at radius 3 is 2.68 bits per heavy atom. The minimum Gasteiger partial charge on any atom is -0.495 e. The molecule has 25 heavy (non-hydrogen) atoms. The van der Waals surface area contributed by atoms with E-state index in [1.165, 1.54) is 31.4 Å². The molecule has 0 heterocycles. The molecule has 0 aliphatic rings. The van der Waals surface area contributed by atoms with E-state index >= 15 is 0 Å². The van der Waals surface area contributed by atoms with Crippen molar-refractivity contribution in [3.63, 3.8) is 0 Å². The molecule has 0 aliphatic heterocycles. The molecule has 0 aromatic heterocycles. The predicted molar refractivity (Wildman–Crippen MR) is 93.0 cm³/mol. The first-order valence-corrected chi connectivity index (χ1v) is 7.60. The maximum Gasteiger partial charge on any atom is 0.331 e. The first-order valence-electron chi connectivity index (χ1n) is 7.23. The maximum absolute atomic E-state index is 13.6. The average molecular weight is 364 g/mol. The highest BCUT2D eigenvalue weighted by Crippen LogP contribution is 2.23. The number of para-hydroxylation sites is 2. The van der Waals surface area contributed by atoms with Gasteiger partial charge in [-0.3, -0.25) is 4.79 Å². The van der Waals surface area contributed by atoms with Crippen LogP contribution in [0, 0.1) is 5.82 Å². The van der Waals surface area contributed by atoms with Crippen molar-refractivity contribution in [2.45, 2.75) is 0 Å². The van der Waals surface area contributed by atoms with Gasteiger partial charge in [0.15, 0.2) is 6.61 Å². The van der Waals surface area contributed by atoms with Gasteiger partial charge in [-0.2, -0.15) is 0 Å². The highest BCUT2D eigenvalue weighted by molar-refractivity contribution is 6.32. The van der Waals surface area contributed by atoms with E-state index in [-0.39, 0.29) is 10.6 Å². The lowest BCUT2D eigenvalue weighted by atomic mass is 10.2. The summed E-state index contributed by atoms with van der Waals surface area (Å²) in [5.41, 5.74) is 0.527. The van der Waals surface area contributed by atoms with Gasteiger partial charge in [0, 0.05) is 11.6 Å². The molecule has 0 unspecified atom stereocenters. The highest BCUT2D eigenvalue weighted by Gasteiger charge is 2.09. The van der Waals surface area contributed by atoms with E-state index in [0.29, 0.717) is 11.4 Å². The monoisotopic (exact) mass is 363 g/mol. The Hall–Kier alpha value is -2.86. The van der Waals surface area contributed by atoms with E-state index in [4.69, 9.17) is 21.1 Å². The van der Waals surface area contributed by atoms with Gasteiger partial charge in [0.2, 0.25) is 0 Å². The van der Waals surface area contributed by atoms with Crippen LogP contribution in [-0.4, -0.2) is 25.6 Å². The third kappa shape index (κ3) is 5.32. The Balaban J connectivity index is 1.89. The molecule has 5 nitrogen and oxygen atoms in total. The van der Waals surface area contributed by atoms with E-state index in [1.807, 2.05) is 0 Å². The molecule has 7 heteroatoms. The van der Waals surface area contributed by atoms with Gasteiger partial charge in [0.05, 0.1) is 17.8 Å². The fraction of sp³-hybridized carbons (Fsp3) is 0.111. The van der Waals surface area contributed by atoms with Crippen molar-refractivity contribution in [2.24, 2.45) is 0 Å². The molecule has 0 aliphatic carbocycles. The summed E-state index contributed by atoms with van der Waals surface area (Å²) in [5.74, 6) is -1.41. The first-order chi connectivity index (χ1) is 12.0. The summed E-state index contributed by atoms with van der Waals surface area (Å²) in [5, 5.41) is 2.73. The van der Waals surface area contributed by atoms with Crippen LogP contribution >= 0.6 is 11.6 Å². The van der Waals surface area contributed by atoms with Gasteiger partial charge in [-0.1, -0.05) is 29.8 Å². The summed E-state index contributed by atoms with van der Waals surface area (Å²) < 4.78 is 23.5. The molecule has 0 bridgehead atoms. The van der Waals surface area contributed by atoms with E-state index in [9.17, 15) is 14.0 Å². The average Bonchev–Trinajstić information content (AvgIpc) is 2.60. The number of carbonyl (C=O) groups is 2. The second-order valence-corrected chi connectivity index (χ2v) is 5.23. The standard InChI is InChI=1S/C18H15ClFNO4/c1-24-16-8-3-2-7-15(16)21-17(22)11-25-18(23)10-9-12-13(19)5-4-6-14(12)20/h2-10H,11H2,1H3,(H,21,22). The van der Waals surface area contributed by atoms with Crippen LogP contribution in [0.15, 0.2) is 48.5 Å². The molecular formula is C18H15ClFNO4. The quantitative estimate of drug-likeness (QED) is 0.628. The van der Waals surface area contributed by atoms with Crippen LogP contribution < -0.4 is 10.1 Å². The van der Waals surface area contributed by atoms with Gasteiger partial charge in [-0.25, -0.2) is 9.18 Å². The van der Waals surface area contributed by atoms with Crippen LogP contribution in [0.2, 0.25) is 5.02 Å². The molecule has 2 aromatic rings. The normalized spacial score (nSPS) is 10.5. The lowest BCUT2D eigenvalue weighted by Crippen LogP contribution is -2.20. The van der Waals surface area contributed by atoms with Crippen LogP contribution in [0.3, 0.4) is 0 Å². The summed E-state index contributed by atoms with van der Waals surface area (Å²) >= 11 is 5.84. The SMILES string of the molecule is COc1ccccc1NC(=O)COC(=O)C=Cc1c(F)cccc1Cl.